The fourth-order valence-corrected chi connectivity index (χ4v) is 1.40. The number of amides is 1. The van der Waals surface area contributed by atoms with Crippen molar-refractivity contribution in [2.24, 2.45) is 0 Å². The molecule has 1 aromatic carbocycles. The van der Waals surface area contributed by atoms with E-state index in [1.807, 2.05) is 36.2 Å². The molecule has 2 rings (SSSR count). The zero-order valence-electron chi connectivity index (χ0n) is 6.87. The van der Waals surface area contributed by atoms with E-state index in [1.54, 1.807) is 0 Å². The van der Waals surface area contributed by atoms with E-state index in [2.05, 4.69) is 5.32 Å². The Morgan fingerprint density at radius 2 is 2.17 bits per heavy atom. The van der Waals surface area contributed by atoms with Crippen molar-refractivity contribution in [3.8, 4) is 0 Å². The summed E-state index contributed by atoms with van der Waals surface area (Å²) < 4.78 is 0. The molecule has 1 amide bonds. The summed E-state index contributed by atoms with van der Waals surface area (Å²) in [7, 11) is 1.91. The summed E-state index contributed by atoms with van der Waals surface area (Å²) in [6.45, 7) is 0.441. The van der Waals surface area contributed by atoms with Crippen molar-refractivity contribution in [3.05, 3.63) is 24.3 Å². The van der Waals surface area contributed by atoms with Gasteiger partial charge in [0, 0.05) is 7.05 Å². The number of rotatable bonds is 0. The lowest BCUT2D eigenvalue weighted by Gasteiger charge is -2.26. The molecule has 1 aliphatic heterocycles. The van der Waals surface area contributed by atoms with Crippen molar-refractivity contribution in [3.63, 3.8) is 0 Å². The molecule has 0 fully saturated rings. The van der Waals surface area contributed by atoms with Gasteiger partial charge in [0.25, 0.3) is 0 Å². The van der Waals surface area contributed by atoms with Crippen molar-refractivity contribution in [1.82, 2.24) is 0 Å². The number of hydrogen-bond acceptors (Lipinski definition) is 2. The molecule has 0 aliphatic carbocycles. The molecule has 3 heteroatoms. The minimum absolute atomic E-state index is 0.0520. The summed E-state index contributed by atoms with van der Waals surface area (Å²) in [6.07, 6.45) is 0. The number of anilines is 2. The molecule has 1 heterocycles. The zero-order chi connectivity index (χ0) is 8.55. The van der Waals surface area contributed by atoms with Gasteiger partial charge in [-0.1, -0.05) is 12.1 Å². The van der Waals surface area contributed by atoms with Crippen LogP contribution in [-0.2, 0) is 4.79 Å². The summed E-state index contributed by atoms with van der Waals surface area (Å²) >= 11 is 0. The van der Waals surface area contributed by atoms with Crippen LogP contribution in [0.4, 0.5) is 11.4 Å². The van der Waals surface area contributed by atoms with Gasteiger partial charge >= 0.3 is 0 Å². The molecule has 0 saturated carbocycles. The van der Waals surface area contributed by atoms with E-state index < -0.39 is 0 Å². The van der Waals surface area contributed by atoms with Crippen molar-refractivity contribution in [2.45, 2.75) is 0 Å². The van der Waals surface area contributed by atoms with Crippen LogP contribution in [0.15, 0.2) is 24.3 Å². The van der Waals surface area contributed by atoms with Crippen molar-refractivity contribution in [2.75, 3.05) is 23.8 Å². The fraction of sp³-hybridized carbons (Fsp3) is 0.222. The summed E-state index contributed by atoms with van der Waals surface area (Å²) in [5.74, 6) is 0.0520. The van der Waals surface area contributed by atoms with Crippen molar-refractivity contribution < 1.29 is 4.79 Å². The van der Waals surface area contributed by atoms with E-state index >= 15 is 0 Å². The Morgan fingerprint density at radius 3 is 3.00 bits per heavy atom. The topological polar surface area (TPSA) is 32.3 Å². The van der Waals surface area contributed by atoms with E-state index in [9.17, 15) is 4.79 Å². The normalized spacial score (nSPS) is 15.4. The first kappa shape index (κ1) is 7.16. The monoisotopic (exact) mass is 162 g/mol. The number of hydrogen-bond donors (Lipinski definition) is 1. The van der Waals surface area contributed by atoms with Gasteiger partial charge in [0.1, 0.15) is 0 Å². The summed E-state index contributed by atoms with van der Waals surface area (Å²) in [5, 5.41) is 2.81. The highest BCUT2D eigenvalue weighted by atomic mass is 16.2. The molecule has 62 valence electrons. The summed E-state index contributed by atoms with van der Waals surface area (Å²) in [4.78, 5) is 13.0. The first-order valence-electron chi connectivity index (χ1n) is 3.87. The number of nitrogens with zero attached hydrogens (tertiary/aromatic N) is 1. The van der Waals surface area contributed by atoms with Gasteiger partial charge in [0.2, 0.25) is 5.91 Å². The fourth-order valence-electron chi connectivity index (χ4n) is 1.40. The number of nitrogens with one attached hydrogen (secondary N) is 1. The lowest BCUT2D eigenvalue weighted by atomic mass is 10.2. The Labute approximate surface area is 71.0 Å². The maximum Gasteiger partial charge on any atom is 0.243 e. The SMILES string of the molecule is CN1CC(=O)Nc2ccccc21. The minimum atomic E-state index is 0.0520. The van der Waals surface area contributed by atoms with Crippen LogP contribution in [0.25, 0.3) is 0 Å². The molecule has 1 aliphatic rings. The Bertz CT molecular complexity index is 322. The second-order valence-electron chi connectivity index (χ2n) is 2.92. The third kappa shape index (κ3) is 1.03. The van der Waals surface area contributed by atoms with E-state index in [4.69, 9.17) is 0 Å². The highest BCUT2D eigenvalue weighted by Crippen LogP contribution is 2.26. The van der Waals surface area contributed by atoms with Crippen LogP contribution in [0.2, 0.25) is 0 Å². The second kappa shape index (κ2) is 2.52. The van der Waals surface area contributed by atoms with Gasteiger partial charge in [0.05, 0.1) is 17.9 Å². The predicted octanol–water partition coefficient (Wildman–Crippen LogP) is 1.07. The van der Waals surface area contributed by atoms with Crippen LogP contribution < -0.4 is 10.2 Å². The van der Waals surface area contributed by atoms with E-state index in [1.165, 1.54) is 0 Å². The number of carbonyl (C=O) groups is 1. The molecule has 12 heavy (non-hydrogen) atoms. The van der Waals surface area contributed by atoms with Crippen molar-refractivity contribution >= 4 is 17.3 Å². The summed E-state index contributed by atoms with van der Waals surface area (Å²) in [6, 6.07) is 7.78. The zero-order valence-corrected chi connectivity index (χ0v) is 6.87. The van der Waals surface area contributed by atoms with Crippen LogP contribution in [0.3, 0.4) is 0 Å². The average molecular weight is 162 g/mol. The first-order valence-corrected chi connectivity index (χ1v) is 3.87. The standard InChI is InChI=1S/C9H10N2O/c1-11-6-9(12)10-7-4-2-3-5-8(7)11/h2-5H,6H2,1H3,(H,10,12). The first-order chi connectivity index (χ1) is 5.77. The largest absolute Gasteiger partial charge is 0.364 e. The quantitative estimate of drug-likeness (QED) is 0.619. The number of carbonyl (C=O) groups excluding carboxylic acids is 1. The van der Waals surface area contributed by atoms with Crippen LogP contribution in [0.5, 0.6) is 0 Å². The number of likely N-dealkylation sites (N-methyl/N-ethyl adjacent to an activating group) is 1. The molecule has 3 nitrogen and oxygen atoms in total. The lowest BCUT2D eigenvalue weighted by Crippen LogP contribution is -2.35. The molecule has 0 atom stereocenters. The van der Waals surface area contributed by atoms with Crippen LogP contribution in [0.1, 0.15) is 0 Å². The average Bonchev–Trinajstić information content (AvgIpc) is 2.04. The van der Waals surface area contributed by atoms with Gasteiger partial charge in [0.15, 0.2) is 0 Å². The van der Waals surface area contributed by atoms with Gasteiger partial charge in [-0.3, -0.25) is 4.79 Å². The molecule has 0 saturated heterocycles. The Morgan fingerprint density at radius 1 is 1.42 bits per heavy atom. The predicted molar refractivity (Wildman–Crippen MR) is 48.3 cm³/mol. The van der Waals surface area contributed by atoms with E-state index in [0.717, 1.165) is 11.4 Å². The Hall–Kier alpha value is -1.51. The smallest absolute Gasteiger partial charge is 0.243 e. The lowest BCUT2D eigenvalue weighted by molar-refractivity contribution is -0.115. The number of fused-ring (bicyclic) bond motifs is 1. The number of para-hydroxylation sites is 2. The molecule has 1 aromatic rings. The molecule has 1 N–H and O–H groups in total. The minimum Gasteiger partial charge on any atom is -0.364 e. The molecule has 0 bridgehead atoms. The Balaban J connectivity index is 2.47. The van der Waals surface area contributed by atoms with Gasteiger partial charge in [-0.25, -0.2) is 0 Å². The van der Waals surface area contributed by atoms with Crippen LogP contribution >= 0.6 is 0 Å². The molecular formula is C9H10N2O. The van der Waals surface area contributed by atoms with Crippen LogP contribution in [-0.4, -0.2) is 19.5 Å². The van der Waals surface area contributed by atoms with Gasteiger partial charge in [-0.2, -0.15) is 0 Å². The van der Waals surface area contributed by atoms with Crippen molar-refractivity contribution in [1.29, 1.82) is 0 Å². The summed E-state index contributed by atoms with van der Waals surface area (Å²) in [5.41, 5.74) is 1.98. The molecule has 0 radical (unpaired) electrons. The van der Waals surface area contributed by atoms with E-state index in [0.29, 0.717) is 6.54 Å². The second-order valence-corrected chi connectivity index (χ2v) is 2.92. The molecule has 0 unspecified atom stereocenters. The Kier molecular flexibility index (Phi) is 1.50. The molecule has 0 aromatic heterocycles. The van der Waals surface area contributed by atoms with Crippen LogP contribution in [0, 0.1) is 0 Å². The third-order valence-electron chi connectivity index (χ3n) is 1.97. The molecular weight excluding hydrogens is 152 g/mol. The maximum absolute atomic E-state index is 11.1. The van der Waals surface area contributed by atoms with E-state index in [-0.39, 0.29) is 5.91 Å². The van der Waals surface area contributed by atoms with Gasteiger partial charge in [-0.15, -0.1) is 0 Å². The number of benzene rings is 1. The highest BCUT2D eigenvalue weighted by molar-refractivity contribution is 6.00. The molecule has 0 spiro atoms. The highest BCUT2D eigenvalue weighted by Gasteiger charge is 2.17. The van der Waals surface area contributed by atoms with Gasteiger partial charge < -0.3 is 10.2 Å². The van der Waals surface area contributed by atoms with Gasteiger partial charge in [-0.05, 0) is 12.1 Å². The third-order valence-corrected chi connectivity index (χ3v) is 1.97. The maximum atomic E-state index is 11.1.